The van der Waals surface area contributed by atoms with Gasteiger partial charge >= 0.3 is 0 Å². The molecule has 110 valence electrons. The Kier molecular flexibility index (Phi) is 3.97. The van der Waals surface area contributed by atoms with Crippen LogP contribution in [0, 0.1) is 0 Å². The molecule has 1 aromatic heterocycles. The zero-order valence-corrected chi connectivity index (χ0v) is 11.5. The van der Waals surface area contributed by atoms with Crippen molar-refractivity contribution in [1.82, 2.24) is 14.9 Å². The first-order valence-corrected chi connectivity index (χ1v) is 6.70. The molecule has 8 nitrogen and oxygen atoms in total. The molecule has 2 aromatic rings. The summed E-state index contributed by atoms with van der Waals surface area (Å²) in [6, 6.07) is 8.20. The molecule has 0 amide bonds. The molecular formula is C13H17N7O. The molecule has 0 aliphatic carbocycles. The van der Waals surface area contributed by atoms with E-state index in [1.165, 1.54) is 16.7 Å². The van der Waals surface area contributed by atoms with E-state index < -0.39 is 0 Å². The van der Waals surface area contributed by atoms with Crippen molar-refractivity contribution in [3.63, 3.8) is 0 Å². The minimum atomic E-state index is 0.385. The van der Waals surface area contributed by atoms with E-state index in [4.69, 9.17) is 10.6 Å². The van der Waals surface area contributed by atoms with Crippen molar-refractivity contribution < 1.29 is 4.74 Å². The summed E-state index contributed by atoms with van der Waals surface area (Å²) in [4.78, 5) is 2.31. The first kappa shape index (κ1) is 13.4. The number of hydrogen-bond acceptors (Lipinski definition) is 7. The number of anilines is 2. The number of hydrazone groups is 1. The predicted molar refractivity (Wildman–Crippen MR) is 80.9 cm³/mol. The van der Waals surface area contributed by atoms with Crippen LogP contribution in [-0.2, 0) is 4.74 Å². The number of hydrogen-bond donors (Lipinski definition) is 2. The molecule has 0 spiro atoms. The topological polar surface area (TPSA) is 93.6 Å². The Morgan fingerprint density at radius 1 is 1.24 bits per heavy atom. The van der Waals surface area contributed by atoms with E-state index in [2.05, 4.69) is 37.8 Å². The molecule has 3 N–H and O–H groups in total. The highest BCUT2D eigenvalue weighted by Crippen LogP contribution is 2.15. The van der Waals surface area contributed by atoms with Crippen LogP contribution in [0.3, 0.4) is 0 Å². The summed E-state index contributed by atoms with van der Waals surface area (Å²) in [6.07, 6.45) is 3.10. The lowest BCUT2D eigenvalue weighted by molar-refractivity contribution is 0.122. The summed E-state index contributed by atoms with van der Waals surface area (Å²) in [5.41, 5.74) is 4.91. The number of nitrogen functional groups attached to an aromatic ring is 1. The number of aromatic nitrogens is 3. The van der Waals surface area contributed by atoms with Crippen molar-refractivity contribution in [2.45, 2.75) is 0 Å². The first-order valence-electron chi connectivity index (χ1n) is 6.70. The van der Waals surface area contributed by atoms with E-state index in [9.17, 15) is 0 Å². The highest BCUT2D eigenvalue weighted by Gasteiger charge is 2.10. The number of nitrogens with one attached hydrogen (secondary N) is 1. The van der Waals surface area contributed by atoms with Gasteiger partial charge in [0.05, 0.1) is 19.4 Å². The molecule has 0 radical (unpaired) electrons. The van der Waals surface area contributed by atoms with Crippen LogP contribution in [0.5, 0.6) is 0 Å². The van der Waals surface area contributed by atoms with Crippen LogP contribution < -0.4 is 16.2 Å². The Bertz CT molecular complexity index is 601. The zero-order valence-electron chi connectivity index (χ0n) is 11.5. The maximum atomic E-state index is 5.56. The average Bonchev–Trinajstić information content (AvgIpc) is 2.94. The van der Waals surface area contributed by atoms with Gasteiger partial charge in [0.25, 0.3) is 5.95 Å². The Morgan fingerprint density at radius 3 is 2.67 bits per heavy atom. The molecule has 3 rings (SSSR count). The van der Waals surface area contributed by atoms with Gasteiger partial charge in [0, 0.05) is 18.8 Å². The minimum absolute atomic E-state index is 0.385. The van der Waals surface area contributed by atoms with Crippen LogP contribution in [-0.4, -0.2) is 47.4 Å². The molecular weight excluding hydrogens is 270 g/mol. The molecule has 1 aliphatic heterocycles. The summed E-state index contributed by atoms with van der Waals surface area (Å²) in [5.74, 6) is 5.95. The smallest absolute Gasteiger partial charge is 0.263 e. The maximum absolute atomic E-state index is 5.56. The monoisotopic (exact) mass is 287 g/mol. The third-order valence-electron chi connectivity index (χ3n) is 3.22. The zero-order chi connectivity index (χ0) is 14.5. The second-order valence-electron chi connectivity index (χ2n) is 4.62. The first-order chi connectivity index (χ1) is 10.3. The number of rotatable bonds is 4. The molecule has 0 saturated carbocycles. The van der Waals surface area contributed by atoms with Gasteiger partial charge in [0.2, 0.25) is 0 Å². The van der Waals surface area contributed by atoms with Crippen LogP contribution in [0.2, 0.25) is 0 Å². The van der Waals surface area contributed by atoms with Crippen molar-refractivity contribution in [2.75, 3.05) is 42.5 Å². The number of morpholine rings is 1. The van der Waals surface area contributed by atoms with Crippen molar-refractivity contribution in [3.05, 3.63) is 36.2 Å². The number of ether oxygens (including phenoxy) is 1. The van der Waals surface area contributed by atoms with E-state index in [0.717, 1.165) is 31.9 Å². The van der Waals surface area contributed by atoms with E-state index in [1.54, 1.807) is 6.21 Å². The average molecular weight is 287 g/mol. The Balaban J connectivity index is 1.60. The van der Waals surface area contributed by atoms with Gasteiger partial charge < -0.3 is 15.5 Å². The quantitative estimate of drug-likeness (QED) is 0.476. The van der Waals surface area contributed by atoms with Crippen molar-refractivity contribution >= 4 is 17.9 Å². The molecule has 0 bridgehead atoms. The summed E-state index contributed by atoms with van der Waals surface area (Å²) >= 11 is 0. The molecule has 1 fully saturated rings. The van der Waals surface area contributed by atoms with E-state index in [0.29, 0.717) is 5.95 Å². The normalized spacial score (nSPS) is 15.5. The van der Waals surface area contributed by atoms with Gasteiger partial charge in [-0.25, -0.2) is 10.1 Å². The van der Waals surface area contributed by atoms with Crippen LogP contribution in [0.15, 0.2) is 35.7 Å². The Morgan fingerprint density at radius 2 is 2.00 bits per heavy atom. The summed E-state index contributed by atoms with van der Waals surface area (Å²) < 4.78 is 6.61. The fourth-order valence-corrected chi connectivity index (χ4v) is 2.08. The fourth-order valence-electron chi connectivity index (χ4n) is 2.08. The maximum Gasteiger partial charge on any atom is 0.263 e. The molecule has 1 aliphatic rings. The van der Waals surface area contributed by atoms with Gasteiger partial charge in [-0.15, -0.1) is 10.2 Å². The second-order valence-corrected chi connectivity index (χ2v) is 4.62. The van der Waals surface area contributed by atoms with E-state index >= 15 is 0 Å². The fraction of sp³-hybridized carbons (Fsp3) is 0.308. The van der Waals surface area contributed by atoms with E-state index in [-0.39, 0.29) is 0 Å². The third kappa shape index (κ3) is 3.29. The molecule has 1 saturated heterocycles. The lowest BCUT2D eigenvalue weighted by atomic mass is 10.2. The van der Waals surface area contributed by atoms with Crippen molar-refractivity contribution in [3.8, 4) is 0 Å². The van der Waals surface area contributed by atoms with Crippen molar-refractivity contribution in [1.29, 1.82) is 0 Å². The minimum Gasteiger partial charge on any atom is -0.378 e. The predicted octanol–water partition coefficient (Wildman–Crippen LogP) is 0.274. The van der Waals surface area contributed by atoms with Gasteiger partial charge in [-0.2, -0.15) is 5.10 Å². The molecule has 8 heteroatoms. The summed E-state index contributed by atoms with van der Waals surface area (Å²) in [6.45, 7) is 3.43. The lowest BCUT2D eigenvalue weighted by Gasteiger charge is -2.28. The van der Waals surface area contributed by atoms with Gasteiger partial charge in [-0.3, -0.25) is 0 Å². The SMILES string of the molecule is Nn1cnnc1NN=Cc1ccc(N2CCOCC2)cc1. The largest absolute Gasteiger partial charge is 0.378 e. The van der Waals surface area contributed by atoms with Gasteiger partial charge in [-0.1, -0.05) is 12.1 Å². The van der Waals surface area contributed by atoms with Crippen LogP contribution in [0.4, 0.5) is 11.6 Å². The van der Waals surface area contributed by atoms with Crippen LogP contribution in [0.25, 0.3) is 0 Å². The molecule has 0 atom stereocenters. The molecule has 0 unspecified atom stereocenters. The van der Waals surface area contributed by atoms with Crippen LogP contribution >= 0.6 is 0 Å². The van der Waals surface area contributed by atoms with Crippen LogP contribution in [0.1, 0.15) is 5.56 Å². The highest BCUT2D eigenvalue weighted by molar-refractivity contribution is 5.80. The highest BCUT2D eigenvalue weighted by atomic mass is 16.5. The Hall–Kier alpha value is -2.61. The molecule has 2 heterocycles. The number of nitrogens with zero attached hydrogens (tertiary/aromatic N) is 5. The number of nitrogens with two attached hydrogens (primary N) is 1. The van der Waals surface area contributed by atoms with Gasteiger partial charge in [0.15, 0.2) is 0 Å². The second kappa shape index (κ2) is 6.23. The molecule has 21 heavy (non-hydrogen) atoms. The standard InChI is InChI=1S/C13H17N7O/c14-20-10-16-18-13(20)17-15-9-11-1-3-12(4-2-11)19-5-7-21-8-6-19/h1-4,9-10H,5-8,14H2,(H,17,18). The van der Waals surface area contributed by atoms with E-state index in [1.807, 2.05) is 12.1 Å². The molecule has 1 aromatic carbocycles. The number of benzene rings is 1. The Labute approximate surface area is 122 Å². The van der Waals surface area contributed by atoms with Gasteiger partial charge in [-0.05, 0) is 17.7 Å². The lowest BCUT2D eigenvalue weighted by Crippen LogP contribution is -2.36. The van der Waals surface area contributed by atoms with Crippen molar-refractivity contribution in [2.24, 2.45) is 5.10 Å². The third-order valence-corrected chi connectivity index (χ3v) is 3.22. The summed E-state index contributed by atoms with van der Waals surface area (Å²) in [7, 11) is 0. The van der Waals surface area contributed by atoms with Gasteiger partial charge in [0.1, 0.15) is 6.33 Å². The summed E-state index contributed by atoms with van der Waals surface area (Å²) in [5, 5.41) is 11.5.